The molecule has 2 atom stereocenters. The summed E-state index contributed by atoms with van der Waals surface area (Å²) >= 11 is 0. The molecular formula is C28H29NO4S. The van der Waals surface area contributed by atoms with Crippen LogP contribution in [0.3, 0.4) is 0 Å². The van der Waals surface area contributed by atoms with Crippen molar-refractivity contribution in [3.63, 3.8) is 0 Å². The Morgan fingerprint density at radius 1 is 1.06 bits per heavy atom. The Hall–Kier alpha value is -2.96. The van der Waals surface area contributed by atoms with Crippen molar-refractivity contribution in [1.82, 2.24) is 4.98 Å². The quantitative estimate of drug-likeness (QED) is 0.416. The van der Waals surface area contributed by atoms with Crippen LogP contribution < -0.4 is 15.2 Å². The minimum atomic E-state index is -4.24. The van der Waals surface area contributed by atoms with Gasteiger partial charge < -0.3 is 4.74 Å². The van der Waals surface area contributed by atoms with Crippen LogP contribution in [0.15, 0.2) is 54.6 Å². The van der Waals surface area contributed by atoms with E-state index < -0.39 is 21.3 Å². The third-order valence-electron chi connectivity index (χ3n) is 6.84. The molecule has 2 aliphatic rings. The first-order valence-electron chi connectivity index (χ1n) is 11.9. The number of fused-ring (bicyclic) bond motifs is 5. The molecule has 0 aliphatic heterocycles. The molecular weight excluding hydrogens is 446 g/mol. The van der Waals surface area contributed by atoms with E-state index in [0.29, 0.717) is 18.9 Å². The molecule has 3 aromatic rings. The lowest BCUT2D eigenvalue weighted by Gasteiger charge is -2.27. The van der Waals surface area contributed by atoms with Crippen molar-refractivity contribution in [3.05, 3.63) is 81.9 Å². The molecule has 176 valence electrons. The fourth-order valence-corrected chi connectivity index (χ4v) is 6.08. The molecule has 5 rings (SSSR count). The molecule has 0 bridgehead atoms. The van der Waals surface area contributed by atoms with E-state index in [1.807, 2.05) is 30.3 Å². The number of allylic oxidation sites excluding steroid dienone is 2. The second kappa shape index (κ2) is 9.35. The van der Waals surface area contributed by atoms with Gasteiger partial charge in [-0.3, -0.25) is 4.55 Å². The van der Waals surface area contributed by atoms with E-state index in [4.69, 9.17) is 4.74 Å². The minimum absolute atomic E-state index is 0.276. The molecule has 0 saturated carbocycles. The van der Waals surface area contributed by atoms with Gasteiger partial charge in [0.25, 0.3) is 10.1 Å². The van der Waals surface area contributed by atoms with Gasteiger partial charge in [0.05, 0.1) is 11.9 Å². The van der Waals surface area contributed by atoms with Crippen molar-refractivity contribution in [2.45, 2.75) is 44.3 Å². The summed E-state index contributed by atoms with van der Waals surface area (Å²) in [4.78, 5) is 4.60. The summed E-state index contributed by atoms with van der Waals surface area (Å²) in [5, 5.41) is 3.67. The number of pyridine rings is 1. The Balaban J connectivity index is 1.58. The monoisotopic (exact) mass is 475 g/mol. The Kier molecular flexibility index (Phi) is 6.28. The molecule has 2 aliphatic carbocycles. The van der Waals surface area contributed by atoms with Gasteiger partial charge in [-0.1, -0.05) is 68.0 Å². The smallest absolute Gasteiger partial charge is 0.268 e. The van der Waals surface area contributed by atoms with Crippen molar-refractivity contribution in [3.8, 4) is 5.88 Å². The average molecular weight is 476 g/mol. The highest BCUT2D eigenvalue weighted by atomic mass is 32.2. The molecule has 1 aromatic heterocycles. The van der Waals surface area contributed by atoms with Crippen molar-refractivity contribution in [2.24, 2.45) is 5.92 Å². The van der Waals surface area contributed by atoms with Crippen LogP contribution in [0.4, 0.5) is 0 Å². The zero-order chi connectivity index (χ0) is 23.7. The largest absolute Gasteiger partial charge is 0.478 e. The van der Waals surface area contributed by atoms with E-state index in [0.717, 1.165) is 41.1 Å². The Labute approximate surface area is 200 Å². The second-order valence-electron chi connectivity index (χ2n) is 9.13. The number of nitrogens with zero attached hydrogens (tertiary/aromatic N) is 1. The van der Waals surface area contributed by atoms with E-state index >= 15 is 0 Å². The molecule has 0 spiro atoms. The van der Waals surface area contributed by atoms with Gasteiger partial charge in [-0.15, -0.1) is 0 Å². The molecule has 0 fully saturated rings. The van der Waals surface area contributed by atoms with E-state index in [1.54, 1.807) is 0 Å². The normalized spacial score (nSPS) is 19.1. The SMILES string of the molecule is CCCCOc1cccc(CC2C=c3c(ccc4c5c(ccc34)CC=CC=5)CC2S(=O)(=O)O)n1. The number of benzene rings is 2. The molecule has 6 heteroatoms. The van der Waals surface area contributed by atoms with Gasteiger partial charge in [-0.2, -0.15) is 8.42 Å². The van der Waals surface area contributed by atoms with Crippen LogP contribution in [0.25, 0.3) is 22.9 Å². The molecule has 0 saturated heterocycles. The van der Waals surface area contributed by atoms with Gasteiger partial charge in [0.2, 0.25) is 5.88 Å². The van der Waals surface area contributed by atoms with Crippen LogP contribution in [0.1, 0.15) is 36.6 Å². The lowest BCUT2D eigenvalue weighted by molar-refractivity contribution is 0.296. The van der Waals surface area contributed by atoms with E-state index in [2.05, 4.69) is 48.3 Å². The van der Waals surface area contributed by atoms with Crippen LogP contribution in [-0.4, -0.2) is 29.8 Å². The number of hydrogen-bond acceptors (Lipinski definition) is 4. The van der Waals surface area contributed by atoms with Crippen LogP contribution in [0.2, 0.25) is 0 Å². The summed E-state index contributed by atoms with van der Waals surface area (Å²) in [5.74, 6) is 0.151. The summed E-state index contributed by atoms with van der Waals surface area (Å²) in [6.07, 6.45) is 12.0. The summed E-state index contributed by atoms with van der Waals surface area (Å²) < 4.78 is 40.6. The Bertz CT molecular complexity index is 1490. The van der Waals surface area contributed by atoms with Crippen molar-refractivity contribution < 1.29 is 17.7 Å². The van der Waals surface area contributed by atoms with Gasteiger partial charge in [-0.05, 0) is 64.1 Å². The predicted molar refractivity (Wildman–Crippen MR) is 136 cm³/mol. The second-order valence-corrected chi connectivity index (χ2v) is 10.8. The molecule has 5 nitrogen and oxygen atoms in total. The van der Waals surface area contributed by atoms with Crippen molar-refractivity contribution in [2.75, 3.05) is 6.61 Å². The molecule has 0 radical (unpaired) electrons. The van der Waals surface area contributed by atoms with E-state index in [-0.39, 0.29) is 6.42 Å². The maximum atomic E-state index is 12.4. The average Bonchev–Trinajstić information content (AvgIpc) is 2.83. The third-order valence-corrected chi connectivity index (χ3v) is 8.12. The minimum Gasteiger partial charge on any atom is -0.478 e. The van der Waals surface area contributed by atoms with Gasteiger partial charge in [0, 0.05) is 17.7 Å². The standard InChI is InChI=1S/C28H29NO4S/c1-2-3-15-33-28-10-6-8-22(29-28)16-21-17-26-20(18-27(21)34(30,31)32)12-14-24-23-9-5-4-7-19(23)11-13-25(24)26/h4-6,8-14,17,21,27H,2-3,7,15-16,18H2,1H3,(H,30,31,32). The number of aromatic nitrogens is 1. The summed E-state index contributed by atoms with van der Waals surface area (Å²) in [6.45, 7) is 2.71. The topological polar surface area (TPSA) is 76.5 Å². The van der Waals surface area contributed by atoms with Crippen LogP contribution >= 0.6 is 0 Å². The first-order valence-corrected chi connectivity index (χ1v) is 13.4. The summed E-state index contributed by atoms with van der Waals surface area (Å²) in [5.41, 5.74) is 2.99. The maximum absolute atomic E-state index is 12.4. The zero-order valence-electron chi connectivity index (χ0n) is 19.3. The summed E-state index contributed by atoms with van der Waals surface area (Å²) in [7, 11) is -4.24. The number of rotatable bonds is 7. The fraction of sp³-hybridized carbons (Fsp3) is 0.321. The highest BCUT2D eigenvalue weighted by Crippen LogP contribution is 2.27. The van der Waals surface area contributed by atoms with E-state index in [1.165, 1.54) is 16.2 Å². The number of hydrogen-bond donors (Lipinski definition) is 1. The number of ether oxygens (including phenoxy) is 1. The van der Waals surface area contributed by atoms with Crippen LogP contribution in [0, 0.1) is 5.92 Å². The first kappa shape index (κ1) is 22.8. The lowest BCUT2D eigenvalue weighted by atomic mass is 9.85. The molecule has 2 aromatic carbocycles. The Morgan fingerprint density at radius 3 is 2.65 bits per heavy atom. The van der Waals surface area contributed by atoms with Crippen molar-refractivity contribution in [1.29, 1.82) is 0 Å². The Morgan fingerprint density at radius 2 is 1.85 bits per heavy atom. The summed E-state index contributed by atoms with van der Waals surface area (Å²) in [6, 6.07) is 14.0. The molecule has 1 heterocycles. The zero-order valence-corrected chi connectivity index (χ0v) is 20.1. The van der Waals surface area contributed by atoms with Gasteiger partial charge in [0.1, 0.15) is 0 Å². The highest BCUT2D eigenvalue weighted by Gasteiger charge is 2.34. The molecule has 2 unspecified atom stereocenters. The highest BCUT2D eigenvalue weighted by molar-refractivity contribution is 7.86. The predicted octanol–water partition coefficient (Wildman–Crippen LogP) is 3.76. The lowest BCUT2D eigenvalue weighted by Crippen LogP contribution is -2.38. The molecule has 1 N–H and O–H groups in total. The fourth-order valence-electron chi connectivity index (χ4n) is 5.07. The third kappa shape index (κ3) is 4.52. The van der Waals surface area contributed by atoms with Crippen LogP contribution in [-0.2, 0) is 29.4 Å². The maximum Gasteiger partial charge on any atom is 0.268 e. The van der Waals surface area contributed by atoms with Gasteiger partial charge >= 0.3 is 0 Å². The van der Waals surface area contributed by atoms with Crippen molar-refractivity contribution >= 4 is 33.0 Å². The first-order chi connectivity index (χ1) is 16.4. The molecule has 34 heavy (non-hydrogen) atoms. The number of unbranched alkanes of at least 4 members (excludes halogenated alkanes) is 1. The van der Waals surface area contributed by atoms with E-state index in [9.17, 15) is 13.0 Å². The van der Waals surface area contributed by atoms with Gasteiger partial charge in [-0.25, -0.2) is 4.98 Å². The van der Waals surface area contributed by atoms with Crippen LogP contribution in [0.5, 0.6) is 5.88 Å². The van der Waals surface area contributed by atoms with Gasteiger partial charge in [0.15, 0.2) is 0 Å². The molecule has 0 amide bonds.